The number of thiazole rings is 1. The summed E-state index contributed by atoms with van der Waals surface area (Å²) >= 11 is 3.08. The Labute approximate surface area is 108 Å². The van der Waals surface area contributed by atoms with Crippen molar-refractivity contribution in [2.45, 2.75) is 12.7 Å². The van der Waals surface area contributed by atoms with E-state index in [-0.39, 0.29) is 0 Å². The van der Waals surface area contributed by atoms with Gasteiger partial charge in [-0.05, 0) is 18.9 Å². The van der Waals surface area contributed by atoms with Crippen LogP contribution in [0, 0.1) is 10.1 Å². The topological polar surface area (TPSA) is 71.3 Å². The van der Waals surface area contributed by atoms with E-state index in [1.54, 1.807) is 24.6 Å². The standard InChI is InChI=1S/C9H14N4O2S2/c1-3-12(8(10-2)6-13(14)15)17-7-9-11-4-5-16-9/h4-6,10H,3,7H2,1-2H3. The minimum atomic E-state index is -0.460. The first-order valence-electron chi connectivity index (χ1n) is 4.99. The van der Waals surface area contributed by atoms with Crippen LogP contribution >= 0.6 is 23.3 Å². The lowest BCUT2D eigenvalue weighted by Gasteiger charge is -2.21. The molecule has 0 bridgehead atoms. The number of nitrogens with one attached hydrogen (secondary N) is 1. The van der Waals surface area contributed by atoms with Gasteiger partial charge in [-0.15, -0.1) is 11.3 Å². The number of hydrogen-bond donors (Lipinski definition) is 1. The molecule has 0 atom stereocenters. The molecule has 0 fully saturated rings. The lowest BCUT2D eigenvalue weighted by atomic mass is 10.6. The van der Waals surface area contributed by atoms with E-state index in [4.69, 9.17) is 0 Å². The smallest absolute Gasteiger partial charge is 0.275 e. The third kappa shape index (κ3) is 4.61. The van der Waals surface area contributed by atoms with E-state index in [9.17, 15) is 10.1 Å². The van der Waals surface area contributed by atoms with Crippen LogP contribution in [0.4, 0.5) is 0 Å². The number of aromatic nitrogens is 1. The molecular weight excluding hydrogens is 260 g/mol. The summed E-state index contributed by atoms with van der Waals surface area (Å²) in [5.74, 6) is 1.20. The van der Waals surface area contributed by atoms with Crippen LogP contribution in [0.1, 0.15) is 11.9 Å². The van der Waals surface area contributed by atoms with Crippen molar-refractivity contribution >= 4 is 23.3 Å². The van der Waals surface area contributed by atoms with E-state index < -0.39 is 4.92 Å². The highest BCUT2D eigenvalue weighted by Gasteiger charge is 2.11. The van der Waals surface area contributed by atoms with Crippen molar-refractivity contribution in [3.8, 4) is 0 Å². The molecule has 1 rings (SSSR count). The maximum absolute atomic E-state index is 10.5. The molecule has 17 heavy (non-hydrogen) atoms. The molecule has 0 amide bonds. The molecule has 1 heterocycles. The SMILES string of the molecule is CCN(SCc1nccs1)C(=C[N+](=O)[O-])NC. The summed E-state index contributed by atoms with van der Waals surface area (Å²) in [6.45, 7) is 2.62. The Kier molecular flexibility index (Phi) is 5.78. The zero-order valence-corrected chi connectivity index (χ0v) is 11.3. The van der Waals surface area contributed by atoms with Crippen molar-refractivity contribution in [3.63, 3.8) is 0 Å². The Bertz CT molecular complexity index is 380. The lowest BCUT2D eigenvalue weighted by Crippen LogP contribution is -2.25. The van der Waals surface area contributed by atoms with Crippen molar-refractivity contribution < 1.29 is 4.92 Å². The zero-order valence-electron chi connectivity index (χ0n) is 9.62. The summed E-state index contributed by atoms with van der Waals surface area (Å²) in [7, 11) is 1.67. The highest BCUT2D eigenvalue weighted by atomic mass is 32.2. The minimum absolute atomic E-state index is 0.460. The Balaban J connectivity index is 2.60. The molecule has 94 valence electrons. The number of nitrogens with zero attached hydrogens (tertiary/aromatic N) is 3. The Morgan fingerprint density at radius 3 is 3.06 bits per heavy atom. The number of nitro groups is 1. The monoisotopic (exact) mass is 274 g/mol. The minimum Gasteiger partial charge on any atom is -0.369 e. The van der Waals surface area contributed by atoms with Crippen LogP contribution in [0.3, 0.4) is 0 Å². The molecule has 0 aliphatic carbocycles. The first-order chi connectivity index (χ1) is 8.17. The van der Waals surface area contributed by atoms with Crippen molar-refractivity contribution in [2.75, 3.05) is 13.6 Å². The lowest BCUT2D eigenvalue weighted by molar-refractivity contribution is -0.404. The van der Waals surface area contributed by atoms with E-state index in [1.807, 2.05) is 16.6 Å². The highest BCUT2D eigenvalue weighted by molar-refractivity contribution is 7.96. The van der Waals surface area contributed by atoms with Gasteiger partial charge in [0.1, 0.15) is 5.01 Å². The first kappa shape index (κ1) is 13.8. The third-order valence-electron chi connectivity index (χ3n) is 1.87. The van der Waals surface area contributed by atoms with Gasteiger partial charge in [-0.1, -0.05) is 0 Å². The van der Waals surface area contributed by atoms with Gasteiger partial charge in [-0.2, -0.15) is 0 Å². The molecule has 0 saturated carbocycles. The molecular formula is C9H14N4O2S2. The van der Waals surface area contributed by atoms with Gasteiger partial charge < -0.3 is 5.32 Å². The van der Waals surface area contributed by atoms with Crippen LogP contribution < -0.4 is 5.32 Å². The fraction of sp³-hybridized carbons (Fsp3) is 0.444. The largest absolute Gasteiger partial charge is 0.369 e. The van der Waals surface area contributed by atoms with Gasteiger partial charge in [0.05, 0.1) is 10.7 Å². The molecule has 1 aromatic heterocycles. The maximum atomic E-state index is 10.5. The predicted octanol–water partition coefficient (Wildman–Crippen LogP) is 1.91. The second-order valence-corrected chi connectivity index (χ2v) is 4.91. The molecule has 1 N–H and O–H groups in total. The number of rotatable bonds is 7. The Hall–Kier alpha value is -1.28. The van der Waals surface area contributed by atoms with Gasteiger partial charge in [-0.25, -0.2) is 4.98 Å². The van der Waals surface area contributed by atoms with Gasteiger partial charge in [0.15, 0.2) is 5.82 Å². The first-order valence-corrected chi connectivity index (χ1v) is 6.81. The average Bonchev–Trinajstić information content (AvgIpc) is 2.80. The van der Waals surface area contributed by atoms with Crippen LogP contribution in [0.5, 0.6) is 0 Å². The summed E-state index contributed by atoms with van der Waals surface area (Å²) < 4.78 is 1.84. The summed E-state index contributed by atoms with van der Waals surface area (Å²) in [6.07, 6.45) is 2.72. The van der Waals surface area contributed by atoms with Crippen molar-refractivity contribution in [1.29, 1.82) is 0 Å². The Morgan fingerprint density at radius 1 is 1.82 bits per heavy atom. The molecule has 6 nitrogen and oxygen atoms in total. The van der Waals surface area contributed by atoms with Gasteiger partial charge in [-0.3, -0.25) is 14.4 Å². The molecule has 1 aromatic rings. The highest BCUT2D eigenvalue weighted by Crippen LogP contribution is 2.21. The van der Waals surface area contributed by atoms with Gasteiger partial charge in [0.25, 0.3) is 6.20 Å². The van der Waals surface area contributed by atoms with E-state index in [2.05, 4.69) is 10.3 Å². The van der Waals surface area contributed by atoms with Gasteiger partial charge >= 0.3 is 0 Å². The quantitative estimate of drug-likeness (QED) is 0.465. The van der Waals surface area contributed by atoms with Crippen molar-refractivity contribution in [1.82, 2.24) is 14.6 Å². The second kappa shape index (κ2) is 7.13. The fourth-order valence-electron chi connectivity index (χ4n) is 1.14. The van der Waals surface area contributed by atoms with Crippen LogP contribution in [0.2, 0.25) is 0 Å². The van der Waals surface area contributed by atoms with Crippen LogP contribution in [-0.2, 0) is 5.75 Å². The predicted molar refractivity (Wildman–Crippen MR) is 69.9 cm³/mol. The zero-order chi connectivity index (χ0) is 12.7. The van der Waals surface area contributed by atoms with Crippen molar-refractivity contribution in [3.05, 3.63) is 38.7 Å². The molecule has 8 heteroatoms. The molecule has 0 unspecified atom stereocenters. The normalized spacial score (nSPS) is 11.3. The summed E-state index contributed by atoms with van der Waals surface area (Å²) in [4.78, 5) is 14.2. The van der Waals surface area contributed by atoms with E-state index >= 15 is 0 Å². The van der Waals surface area contributed by atoms with Crippen LogP contribution in [0.15, 0.2) is 23.6 Å². The molecule has 0 saturated heterocycles. The molecule has 0 spiro atoms. The van der Waals surface area contributed by atoms with Crippen LogP contribution in [0.25, 0.3) is 0 Å². The van der Waals surface area contributed by atoms with Crippen LogP contribution in [-0.4, -0.2) is 27.8 Å². The molecule has 0 aliphatic rings. The molecule has 0 aliphatic heterocycles. The van der Waals surface area contributed by atoms with Crippen molar-refractivity contribution in [2.24, 2.45) is 0 Å². The van der Waals surface area contributed by atoms with E-state index in [0.29, 0.717) is 18.1 Å². The summed E-state index contributed by atoms with van der Waals surface area (Å²) in [5.41, 5.74) is 0. The van der Waals surface area contributed by atoms with Gasteiger partial charge in [0.2, 0.25) is 0 Å². The average molecular weight is 274 g/mol. The number of hydrogen-bond acceptors (Lipinski definition) is 7. The maximum Gasteiger partial charge on any atom is 0.275 e. The van der Waals surface area contributed by atoms with Gasteiger partial charge in [0, 0.05) is 25.2 Å². The third-order valence-corrected chi connectivity index (χ3v) is 4.00. The van der Waals surface area contributed by atoms with E-state index in [0.717, 1.165) is 11.2 Å². The molecule has 0 aromatic carbocycles. The molecule has 0 radical (unpaired) electrons. The second-order valence-electron chi connectivity index (χ2n) is 2.94. The fourth-order valence-corrected chi connectivity index (χ4v) is 2.77. The summed E-state index contributed by atoms with van der Waals surface area (Å²) in [5, 5.41) is 16.2. The Morgan fingerprint density at radius 2 is 2.59 bits per heavy atom. The van der Waals surface area contributed by atoms with E-state index in [1.165, 1.54) is 11.9 Å². The summed E-state index contributed by atoms with van der Waals surface area (Å²) in [6, 6.07) is 0.